The van der Waals surface area contributed by atoms with Gasteiger partial charge in [-0.05, 0) is 25.3 Å². The van der Waals surface area contributed by atoms with E-state index in [2.05, 4.69) is 0 Å². The average Bonchev–Trinajstić information content (AvgIpc) is 2.45. The first-order valence-corrected chi connectivity index (χ1v) is 9.74. The van der Waals surface area contributed by atoms with Gasteiger partial charge in [0.25, 0.3) is 0 Å². The molecule has 1 aromatic rings. The van der Waals surface area contributed by atoms with Gasteiger partial charge in [0, 0.05) is 19.3 Å². The summed E-state index contributed by atoms with van der Waals surface area (Å²) >= 11 is 0. The molecule has 122 valence electrons. The lowest BCUT2D eigenvalue weighted by molar-refractivity contribution is -0.131. The van der Waals surface area contributed by atoms with E-state index in [4.69, 9.17) is 0 Å². The highest BCUT2D eigenvalue weighted by molar-refractivity contribution is 7.91. The van der Waals surface area contributed by atoms with Crippen molar-refractivity contribution in [1.29, 1.82) is 0 Å². The Hall–Kier alpha value is -1.36. The number of amides is 1. The predicted molar refractivity (Wildman–Crippen MR) is 88.5 cm³/mol. The van der Waals surface area contributed by atoms with E-state index in [1.807, 2.05) is 31.2 Å². The van der Waals surface area contributed by atoms with Crippen LogP contribution in [0.2, 0.25) is 0 Å². The summed E-state index contributed by atoms with van der Waals surface area (Å²) in [6, 6.07) is 7.69. The molecule has 0 radical (unpaired) electrons. The highest BCUT2D eigenvalue weighted by Crippen LogP contribution is 2.27. The van der Waals surface area contributed by atoms with Gasteiger partial charge in [0.05, 0.1) is 11.7 Å². The predicted octanol–water partition coefficient (Wildman–Crippen LogP) is 2.35. The smallest absolute Gasteiger partial charge is 0.227 e. The van der Waals surface area contributed by atoms with Crippen LogP contribution in [0.1, 0.15) is 36.8 Å². The Bertz CT molecular complexity index is 639. The van der Waals surface area contributed by atoms with E-state index in [1.54, 1.807) is 11.9 Å². The minimum Gasteiger partial charge on any atom is -0.341 e. The second kappa shape index (κ2) is 6.82. The summed E-state index contributed by atoms with van der Waals surface area (Å²) in [5.74, 6) is -0.00819. The molecule has 0 aromatic heterocycles. The zero-order chi connectivity index (χ0) is 16.3. The summed E-state index contributed by atoms with van der Waals surface area (Å²) in [6.07, 6.45) is 4.95. The van der Waals surface area contributed by atoms with Crippen molar-refractivity contribution in [2.24, 2.45) is 0 Å². The molecule has 1 amide bonds. The Labute approximate surface area is 133 Å². The molecule has 22 heavy (non-hydrogen) atoms. The fraction of sp³-hybridized carbons (Fsp3) is 0.588. The maximum Gasteiger partial charge on any atom is 0.227 e. The molecule has 0 heterocycles. The molecule has 0 unspecified atom stereocenters. The van der Waals surface area contributed by atoms with Gasteiger partial charge in [-0.3, -0.25) is 4.79 Å². The van der Waals surface area contributed by atoms with E-state index >= 15 is 0 Å². The molecular weight excluding hydrogens is 298 g/mol. The molecule has 2 atom stereocenters. The molecule has 1 aliphatic rings. The van der Waals surface area contributed by atoms with Gasteiger partial charge in [0.2, 0.25) is 5.91 Å². The summed E-state index contributed by atoms with van der Waals surface area (Å²) in [4.78, 5) is 14.2. The van der Waals surface area contributed by atoms with Crippen LogP contribution >= 0.6 is 0 Å². The standard InChI is InChI=1S/C17H25NO3S/c1-13-7-6-8-14(11-13)12-17(19)18(2)15-9-4-5-10-16(15)22(3,20)21/h6-8,11,15-16H,4-5,9-10,12H2,1-3H3/t15-,16-/m1/s1. The van der Waals surface area contributed by atoms with Gasteiger partial charge in [0.15, 0.2) is 9.84 Å². The quantitative estimate of drug-likeness (QED) is 0.855. The Kier molecular flexibility index (Phi) is 5.27. The maximum atomic E-state index is 12.5. The molecule has 2 rings (SSSR count). The molecule has 4 nitrogen and oxygen atoms in total. The number of hydrogen-bond donors (Lipinski definition) is 0. The lowest BCUT2D eigenvalue weighted by atomic mass is 9.93. The number of likely N-dealkylation sites (N-methyl/N-ethyl adjacent to an activating group) is 1. The van der Waals surface area contributed by atoms with Crippen LogP contribution in [0.3, 0.4) is 0 Å². The molecule has 1 saturated carbocycles. The van der Waals surface area contributed by atoms with Crippen molar-refractivity contribution < 1.29 is 13.2 Å². The van der Waals surface area contributed by atoms with Gasteiger partial charge >= 0.3 is 0 Å². The lowest BCUT2D eigenvalue weighted by Crippen LogP contribution is -2.49. The van der Waals surface area contributed by atoms with E-state index in [9.17, 15) is 13.2 Å². The lowest BCUT2D eigenvalue weighted by Gasteiger charge is -2.37. The highest BCUT2D eigenvalue weighted by atomic mass is 32.2. The van der Waals surface area contributed by atoms with Crippen molar-refractivity contribution in [1.82, 2.24) is 4.90 Å². The molecule has 0 spiro atoms. The number of benzene rings is 1. The number of rotatable bonds is 4. The summed E-state index contributed by atoms with van der Waals surface area (Å²) in [6.45, 7) is 2.00. The van der Waals surface area contributed by atoms with E-state index in [1.165, 1.54) is 6.26 Å². The highest BCUT2D eigenvalue weighted by Gasteiger charge is 2.36. The number of sulfone groups is 1. The normalized spacial score (nSPS) is 22.3. The van der Waals surface area contributed by atoms with Crippen molar-refractivity contribution in [3.8, 4) is 0 Å². The molecule has 0 bridgehead atoms. The summed E-state index contributed by atoms with van der Waals surface area (Å²) in [5.41, 5.74) is 2.10. The van der Waals surface area contributed by atoms with Crippen molar-refractivity contribution in [3.05, 3.63) is 35.4 Å². The second-order valence-electron chi connectivity index (χ2n) is 6.39. The number of hydrogen-bond acceptors (Lipinski definition) is 3. The van der Waals surface area contributed by atoms with Crippen molar-refractivity contribution in [2.45, 2.75) is 50.3 Å². The van der Waals surface area contributed by atoms with Crippen LogP contribution in [-0.2, 0) is 21.1 Å². The van der Waals surface area contributed by atoms with E-state index in [-0.39, 0.29) is 11.9 Å². The third-order valence-electron chi connectivity index (χ3n) is 4.55. The monoisotopic (exact) mass is 323 g/mol. The molecule has 0 N–H and O–H groups in total. The minimum absolute atomic E-state index is 0.00819. The maximum absolute atomic E-state index is 12.5. The van der Waals surface area contributed by atoms with Gasteiger partial charge in [-0.1, -0.05) is 42.7 Å². The van der Waals surface area contributed by atoms with E-state index < -0.39 is 15.1 Å². The van der Waals surface area contributed by atoms with Crippen molar-refractivity contribution >= 4 is 15.7 Å². The van der Waals surface area contributed by atoms with Crippen molar-refractivity contribution in [3.63, 3.8) is 0 Å². The second-order valence-corrected chi connectivity index (χ2v) is 8.65. The zero-order valence-corrected chi connectivity index (χ0v) is 14.4. The number of aryl methyl sites for hydroxylation is 1. The fourth-order valence-electron chi connectivity index (χ4n) is 3.33. The largest absolute Gasteiger partial charge is 0.341 e. The Morgan fingerprint density at radius 3 is 2.59 bits per heavy atom. The molecule has 0 saturated heterocycles. The third kappa shape index (κ3) is 4.09. The Morgan fingerprint density at radius 2 is 1.95 bits per heavy atom. The van der Waals surface area contributed by atoms with Crippen molar-refractivity contribution in [2.75, 3.05) is 13.3 Å². The first-order chi connectivity index (χ1) is 10.3. The number of carbonyl (C=O) groups excluding carboxylic acids is 1. The van der Waals surface area contributed by atoms with Gasteiger partial charge in [-0.15, -0.1) is 0 Å². The van der Waals surface area contributed by atoms with Crippen LogP contribution < -0.4 is 0 Å². The van der Waals surface area contributed by atoms with Crippen LogP contribution in [0, 0.1) is 6.92 Å². The SMILES string of the molecule is Cc1cccc(CC(=O)N(C)[C@@H]2CCCC[C@H]2S(C)(=O)=O)c1. The summed E-state index contributed by atoms with van der Waals surface area (Å²) in [5, 5.41) is -0.423. The third-order valence-corrected chi connectivity index (χ3v) is 6.20. The fourth-order valence-corrected chi connectivity index (χ4v) is 4.81. The van der Waals surface area contributed by atoms with Crippen LogP contribution in [0.5, 0.6) is 0 Å². The van der Waals surface area contributed by atoms with E-state index in [0.29, 0.717) is 12.8 Å². The molecule has 0 aliphatic heterocycles. The zero-order valence-electron chi connectivity index (χ0n) is 13.6. The molecular formula is C17H25NO3S. The van der Waals surface area contributed by atoms with Crippen LogP contribution in [-0.4, -0.2) is 43.8 Å². The first kappa shape index (κ1) is 17.0. The first-order valence-electron chi connectivity index (χ1n) is 7.79. The average molecular weight is 323 g/mol. The van der Waals surface area contributed by atoms with Gasteiger partial charge in [-0.25, -0.2) is 8.42 Å². The minimum atomic E-state index is -3.13. The van der Waals surface area contributed by atoms with Gasteiger partial charge < -0.3 is 4.90 Å². The number of carbonyl (C=O) groups is 1. The van der Waals surface area contributed by atoms with Gasteiger partial charge in [-0.2, -0.15) is 0 Å². The van der Waals surface area contributed by atoms with Crippen LogP contribution in [0.25, 0.3) is 0 Å². The summed E-state index contributed by atoms with van der Waals surface area (Å²) in [7, 11) is -1.38. The van der Waals surface area contributed by atoms with Crippen LogP contribution in [0.15, 0.2) is 24.3 Å². The summed E-state index contributed by atoms with van der Waals surface area (Å²) < 4.78 is 24.0. The topological polar surface area (TPSA) is 54.5 Å². The van der Waals surface area contributed by atoms with E-state index in [0.717, 1.165) is 30.4 Å². The van der Waals surface area contributed by atoms with Crippen LogP contribution in [0.4, 0.5) is 0 Å². The molecule has 1 aliphatic carbocycles. The Balaban J connectivity index is 2.11. The molecule has 5 heteroatoms. The molecule has 1 fully saturated rings. The number of nitrogens with zero attached hydrogens (tertiary/aromatic N) is 1. The molecule has 1 aromatic carbocycles. The Morgan fingerprint density at radius 1 is 1.27 bits per heavy atom. The van der Waals surface area contributed by atoms with Gasteiger partial charge in [0.1, 0.15) is 0 Å².